The number of ether oxygens (including phenoxy) is 1. The number of aromatic nitrogens is 1. The molecule has 0 aliphatic carbocycles. The molecule has 0 aliphatic heterocycles. The summed E-state index contributed by atoms with van der Waals surface area (Å²) in [6.07, 6.45) is 0.616. The summed E-state index contributed by atoms with van der Waals surface area (Å²) in [6.45, 7) is 0.870. The Bertz CT molecular complexity index is 1190. The molecule has 5 heteroatoms. The van der Waals surface area contributed by atoms with Gasteiger partial charge in [0.15, 0.2) is 0 Å². The van der Waals surface area contributed by atoms with Gasteiger partial charge in [0.05, 0.1) is 17.5 Å². The van der Waals surface area contributed by atoms with E-state index in [2.05, 4.69) is 6.07 Å². The van der Waals surface area contributed by atoms with Gasteiger partial charge < -0.3 is 9.15 Å². The van der Waals surface area contributed by atoms with Gasteiger partial charge in [-0.1, -0.05) is 42.5 Å². The summed E-state index contributed by atoms with van der Waals surface area (Å²) in [4.78, 5) is 23.8. The van der Waals surface area contributed by atoms with Crippen molar-refractivity contribution >= 4 is 21.7 Å². The number of aryl methyl sites for hydroxylation is 1. The van der Waals surface area contributed by atoms with Crippen LogP contribution in [0.2, 0.25) is 0 Å². The fourth-order valence-corrected chi connectivity index (χ4v) is 3.05. The van der Waals surface area contributed by atoms with Gasteiger partial charge in [-0.15, -0.1) is 0 Å². The summed E-state index contributed by atoms with van der Waals surface area (Å²) in [6, 6.07) is 21.0. The van der Waals surface area contributed by atoms with Gasteiger partial charge in [-0.05, 0) is 41.5 Å². The lowest BCUT2D eigenvalue weighted by Crippen LogP contribution is -2.25. The highest BCUT2D eigenvalue weighted by Crippen LogP contribution is 2.20. The van der Waals surface area contributed by atoms with Crippen molar-refractivity contribution in [3.8, 4) is 5.75 Å². The van der Waals surface area contributed by atoms with Crippen LogP contribution in [0.15, 0.2) is 80.7 Å². The van der Waals surface area contributed by atoms with Gasteiger partial charge in [0.2, 0.25) is 0 Å². The Morgan fingerprint density at radius 1 is 0.885 bits per heavy atom. The quantitative estimate of drug-likeness (QED) is 0.518. The predicted molar refractivity (Wildman–Crippen MR) is 101 cm³/mol. The van der Waals surface area contributed by atoms with E-state index in [1.165, 1.54) is 4.57 Å². The third kappa shape index (κ3) is 3.11. The number of hydrogen-bond donors (Lipinski definition) is 0. The lowest BCUT2D eigenvalue weighted by molar-refractivity contribution is 0.297. The Morgan fingerprint density at radius 2 is 1.65 bits per heavy atom. The molecule has 0 unspecified atom stereocenters. The number of hydrogen-bond acceptors (Lipinski definition) is 4. The van der Waals surface area contributed by atoms with E-state index in [1.54, 1.807) is 24.3 Å². The number of benzene rings is 3. The zero-order valence-corrected chi connectivity index (χ0v) is 14.1. The Morgan fingerprint density at radius 3 is 2.54 bits per heavy atom. The van der Waals surface area contributed by atoms with Crippen LogP contribution in [0.3, 0.4) is 0 Å². The number of para-hydroxylation sites is 1. The summed E-state index contributed by atoms with van der Waals surface area (Å²) in [7, 11) is 0. The van der Waals surface area contributed by atoms with Crippen LogP contribution in [0.4, 0.5) is 0 Å². The predicted octanol–water partition coefficient (Wildman–Crippen LogP) is 3.58. The molecule has 0 aliphatic rings. The van der Waals surface area contributed by atoms with Crippen molar-refractivity contribution in [3.63, 3.8) is 0 Å². The minimum absolute atomic E-state index is 0.405. The minimum atomic E-state index is -0.639. The fraction of sp³-hybridized carbons (Fsp3) is 0.143. The second kappa shape index (κ2) is 6.88. The number of rotatable bonds is 5. The van der Waals surface area contributed by atoms with E-state index in [4.69, 9.17) is 9.15 Å². The van der Waals surface area contributed by atoms with E-state index in [1.807, 2.05) is 36.4 Å². The Kier molecular flexibility index (Phi) is 4.27. The van der Waals surface area contributed by atoms with Gasteiger partial charge in [-0.2, -0.15) is 0 Å². The summed E-state index contributed by atoms with van der Waals surface area (Å²) in [5, 5.41) is 2.69. The van der Waals surface area contributed by atoms with Crippen LogP contribution < -0.4 is 16.1 Å². The first-order chi connectivity index (χ1) is 12.7. The van der Waals surface area contributed by atoms with Crippen molar-refractivity contribution in [1.82, 2.24) is 4.57 Å². The first kappa shape index (κ1) is 16.1. The molecular weight excluding hydrogens is 330 g/mol. The lowest BCUT2D eigenvalue weighted by Gasteiger charge is -2.10. The highest BCUT2D eigenvalue weighted by Gasteiger charge is 2.08. The Balaban J connectivity index is 1.47. The van der Waals surface area contributed by atoms with Crippen LogP contribution in [-0.4, -0.2) is 11.2 Å². The van der Waals surface area contributed by atoms with E-state index < -0.39 is 11.4 Å². The maximum atomic E-state index is 12.0. The molecule has 26 heavy (non-hydrogen) atoms. The van der Waals surface area contributed by atoms with Crippen molar-refractivity contribution in [2.45, 2.75) is 13.0 Å². The highest BCUT2D eigenvalue weighted by atomic mass is 16.5. The van der Waals surface area contributed by atoms with Crippen molar-refractivity contribution in [3.05, 3.63) is 87.7 Å². The van der Waals surface area contributed by atoms with Crippen LogP contribution in [0, 0.1) is 0 Å². The molecule has 1 aromatic heterocycles. The maximum Gasteiger partial charge on any atom is 0.422 e. The van der Waals surface area contributed by atoms with Gasteiger partial charge in [0.1, 0.15) is 5.75 Å². The van der Waals surface area contributed by atoms with E-state index in [0.29, 0.717) is 30.5 Å². The second-order valence-corrected chi connectivity index (χ2v) is 6.04. The monoisotopic (exact) mass is 347 g/mol. The molecule has 3 aromatic carbocycles. The first-order valence-electron chi connectivity index (χ1n) is 8.47. The largest absolute Gasteiger partial charge is 0.494 e. The molecule has 0 fully saturated rings. The van der Waals surface area contributed by atoms with Crippen LogP contribution in [0.25, 0.3) is 21.7 Å². The third-order valence-electron chi connectivity index (χ3n) is 4.33. The molecule has 1 heterocycles. The fourth-order valence-electron chi connectivity index (χ4n) is 3.05. The van der Waals surface area contributed by atoms with Gasteiger partial charge in [0.25, 0.3) is 0 Å². The molecule has 0 amide bonds. The number of nitrogens with zero attached hydrogens (tertiary/aromatic N) is 1. The molecule has 4 aromatic rings. The van der Waals surface area contributed by atoms with E-state index >= 15 is 0 Å². The normalized spacial score (nSPS) is 11.1. The first-order valence-corrected chi connectivity index (χ1v) is 8.47. The van der Waals surface area contributed by atoms with Crippen LogP contribution in [0.1, 0.15) is 6.42 Å². The van der Waals surface area contributed by atoms with Crippen molar-refractivity contribution in [1.29, 1.82) is 0 Å². The van der Waals surface area contributed by atoms with Crippen LogP contribution in [0.5, 0.6) is 5.75 Å². The molecule has 0 atom stereocenters. The van der Waals surface area contributed by atoms with Crippen molar-refractivity contribution < 1.29 is 9.15 Å². The van der Waals surface area contributed by atoms with Gasteiger partial charge in [0, 0.05) is 6.54 Å². The molecule has 5 nitrogen and oxygen atoms in total. The summed E-state index contributed by atoms with van der Waals surface area (Å²) in [5.41, 5.74) is -0.0197. The van der Waals surface area contributed by atoms with Crippen molar-refractivity contribution in [2.75, 3.05) is 6.61 Å². The smallest absolute Gasteiger partial charge is 0.422 e. The molecule has 0 spiro atoms. The van der Waals surface area contributed by atoms with Gasteiger partial charge in [-0.25, -0.2) is 9.59 Å². The molecule has 0 saturated carbocycles. The zero-order chi connectivity index (χ0) is 17.9. The van der Waals surface area contributed by atoms with E-state index in [-0.39, 0.29) is 0 Å². The van der Waals surface area contributed by atoms with Gasteiger partial charge in [-0.3, -0.25) is 4.57 Å². The molecule has 4 rings (SSSR count). The topological polar surface area (TPSA) is 61.4 Å². The Labute approximate surface area is 149 Å². The molecule has 0 bridgehead atoms. The Hall–Kier alpha value is -3.34. The molecule has 0 saturated heterocycles. The summed E-state index contributed by atoms with van der Waals surface area (Å²) >= 11 is 0. The average Bonchev–Trinajstić information content (AvgIpc) is 2.67. The zero-order valence-electron chi connectivity index (χ0n) is 14.1. The maximum absolute atomic E-state index is 12.0. The molecule has 0 radical (unpaired) electrons. The molecule has 130 valence electrons. The van der Waals surface area contributed by atoms with E-state index in [0.717, 1.165) is 16.5 Å². The van der Waals surface area contributed by atoms with E-state index in [9.17, 15) is 9.59 Å². The van der Waals surface area contributed by atoms with Crippen LogP contribution in [-0.2, 0) is 6.54 Å². The standard InChI is InChI=1S/C21H17NO4/c23-20-18-8-3-4-9-19(18)22(21(24)26-20)12-5-13-25-17-11-10-15-6-1-2-7-16(15)14-17/h1-4,6-11,14H,5,12-13H2. The summed E-state index contributed by atoms with van der Waals surface area (Å²) in [5.74, 6) is 0.153. The summed E-state index contributed by atoms with van der Waals surface area (Å²) < 4.78 is 12.1. The van der Waals surface area contributed by atoms with Gasteiger partial charge >= 0.3 is 11.4 Å². The third-order valence-corrected chi connectivity index (χ3v) is 4.33. The van der Waals surface area contributed by atoms with Crippen LogP contribution >= 0.6 is 0 Å². The minimum Gasteiger partial charge on any atom is -0.494 e. The number of fused-ring (bicyclic) bond motifs is 2. The SMILES string of the molecule is O=c1oc(=O)n(CCCOc2ccc3ccccc3c2)c2ccccc12. The second-order valence-electron chi connectivity index (χ2n) is 6.04. The highest BCUT2D eigenvalue weighted by molar-refractivity contribution is 5.83. The molecule has 0 N–H and O–H groups in total. The lowest BCUT2D eigenvalue weighted by atomic mass is 10.1. The average molecular weight is 347 g/mol. The molecular formula is C21H17NO4. The van der Waals surface area contributed by atoms with Crippen molar-refractivity contribution in [2.24, 2.45) is 0 Å².